The van der Waals surface area contributed by atoms with Gasteiger partial charge >= 0.3 is 0 Å². The highest BCUT2D eigenvalue weighted by molar-refractivity contribution is 7.07. The van der Waals surface area contributed by atoms with Gasteiger partial charge in [0.05, 0.1) is 15.7 Å². The molecule has 2 aromatic carbocycles. The summed E-state index contributed by atoms with van der Waals surface area (Å²) in [6, 6.07) is 22.0. The van der Waals surface area contributed by atoms with Gasteiger partial charge in [0, 0.05) is 11.2 Å². The second-order valence-corrected chi connectivity index (χ2v) is 6.60. The third-order valence-electron chi connectivity index (χ3n) is 3.56. The maximum absolute atomic E-state index is 5.96. The number of fused-ring (bicyclic) bond motifs is 1. The van der Waals surface area contributed by atoms with Crippen LogP contribution >= 0.6 is 22.9 Å². The predicted molar refractivity (Wildman–Crippen MR) is 97.2 cm³/mol. The van der Waals surface area contributed by atoms with Gasteiger partial charge < -0.3 is 0 Å². The van der Waals surface area contributed by atoms with Crippen LogP contribution in [0.2, 0.25) is 5.02 Å². The van der Waals surface area contributed by atoms with Crippen molar-refractivity contribution in [1.82, 2.24) is 4.40 Å². The standard InChI is InChI=1S/C19H13ClN2S/c20-15-10-8-14(9-11-15)13-18-17-7-4-12-22(17)19(23-18)21-16-5-2-1-3-6-16/h1-13H/b18-13-,21-19?. The van der Waals surface area contributed by atoms with Gasteiger partial charge in [-0.05, 0) is 48.0 Å². The molecule has 0 aliphatic heterocycles. The van der Waals surface area contributed by atoms with Crippen molar-refractivity contribution in [2.75, 3.05) is 0 Å². The van der Waals surface area contributed by atoms with E-state index in [-0.39, 0.29) is 0 Å². The molecule has 0 saturated carbocycles. The Balaban J connectivity index is 1.91. The van der Waals surface area contributed by atoms with Crippen molar-refractivity contribution < 1.29 is 0 Å². The molecule has 0 unspecified atom stereocenters. The molecule has 0 amide bonds. The molecule has 4 rings (SSSR count). The Morgan fingerprint density at radius 3 is 2.48 bits per heavy atom. The summed E-state index contributed by atoms with van der Waals surface area (Å²) in [5, 5.41) is 0.751. The number of rotatable bonds is 2. The molecule has 4 aromatic rings. The van der Waals surface area contributed by atoms with Gasteiger partial charge in [-0.15, -0.1) is 0 Å². The van der Waals surface area contributed by atoms with E-state index in [1.165, 1.54) is 10.0 Å². The van der Waals surface area contributed by atoms with Gasteiger partial charge in [0.2, 0.25) is 0 Å². The molecular formula is C19H13ClN2S. The van der Waals surface area contributed by atoms with Crippen LogP contribution in [0.25, 0.3) is 11.6 Å². The van der Waals surface area contributed by atoms with Gasteiger partial charge in [-0.1, -0.05) is 53.3 Å². The van der Waals surface area contributed by atoms with Crippen molar-refractivity contribution in [3.63, 3.8) is 0 Å². The molecule has 0 saturated heterocycles. The fraction of sp³-hybridized carbons (Fsp3) is 0. The summed E-state index contributed by atoms with van der Waals surface area (Å²) in [6.07, 6.45) is 4.22. The lowest BCUT2D eigenvalue weighted by Gasteiger charge is -1.91. The van der Waals surface area contributed by atoms with Crippen LogP contribution in [0.5, 0.6) is 0 Å². The SMILES string of the molecule is Clc1ccc(/C=c2\sc(=Nc3ccccc3)n3cccc23)cc1. The van der Waals surface area contributed by atoms with E-state index in [9.17, 15) is 0 Å². The maximum atomic E-state index is 5.96. The normalized spacial score (nSPS) is 13.1. The Morgan fingerprint density at radius 2 is 1.70 bits per heavy atom. The second-order valence-electron chi connectivity index (χ2n) is 5.16. The summed E-state index contributed by atoms with van der Waals surface area (Å²) in [5.41, 5.74) is 3.26. The number of nitrogens with zero attached hydrogens (tertiary/aromatic N) is 2. The molecule has 0 fully saturated rings. The quantitative estimate of drug-likeness (QED) is 0.515. The number of thiazole rings is 1. The van der Waals surface area contributed by atoms with Crippen LogP contribution in [0, 0.1) is 0 Å². The average molecular weight is 337 g/mol. The minimum atomic E-state index is 0.751. The smallest absolute Gasteiger partial charge is 0.195 e. The van der Waals surface area contributed by atoms with Crippen LogP contribution in [-0.2, 0) is 0 Å². The molecule has 112 valence electrons. The molecular weight excluding hydrogens is 324 g/mol. The van der Waals surface area contributed by atoms with Gasteiger partial charge in [0.1, 0.15) is 0 Å². The van der Waals surface area contributed by atoms with Crippen LogP contribution in [0.4, 0.5) is 5.69 Å². The summed E-state index contributed by atoms with van der Waals surface area (Å²) < 4.78 is 3.31. The number of halogens is 1. The van der Waals surface area contributed by atoms with E-state index in [0.717, 1.165) is 21.1 Å². The largest absolute Gasteiger partial charge is 0.292 e. The van der Waals surface area contributed by atoms with E-state index in [0.29, 0.717) is 0 Å². The van der Waals surface area contributed by atoms with Crippen molar-refractivity contribution >= 4 is 40.2 Å². The molecule has 2 aromatic heterocycles. The number of benzene rings is 2. The van der Waals surface area contributed by atoms with Crippen LogP contribution < -0.4 is 9.33 Å². The van der Waals surface area contributed by atoms with Gasteiger partial charge in [-0.3, -0.25) is 4.40 Å². The summed E-state index contributed by atoms with van der Waals surface area (Å²) in [7, 11) is 0. The van der Waals surface area contributed by atoms with Crippen molar-refractivity contribution in [2.45, 2.75) is 0 Å². The van der Waals surface area contributed by atoms with E-state index >= 15 is 0 Å². The molecule has 0 bridgehead atoms. The average Bonchev–Trinajstić information content (AvgIpc) is 3.16. The Hall–Kier alpha value is -2.36. The first kappa shape index (κ1) is 14.2. The van der Waals surface area contributed by atoms with E-state index in [2.05, 4.69) is 16.5 Å². The minimum absolute atomic E-state index is 0.751. The monoisotopic (exact) mass is 336 g/mol. The summed E-state index contributed by atoms with van der Waals surface area (Å²) >= 11 is 7.64. The lowest BCUT2D eigenvalue weighted by atomic mass is 10.2. The molecule has 0 aliphatic carbocycles. The van der Waals surface area contributed by atoms with Gasteiger partial charge in [0.25, 0.3) is 0 Å². The molecule has 0 N–H and O–H groups in total. The zero-order chi connectivity index (χ0) is 15.6. The van der Waals surface area contributed by atoms with Gasteiger partial charge in [-0.25, -0.2) is 4.99 Å². The second kappa shape index (κ2) is 6.03. The first-order valence-electron chi connectivity index (χ1n) is 7.26. The first-order valence-corrected chi connectivity index (χ1v) is 8.46. The molecule has 0 radical (unpaired) electrons. The Kier molecular flexibility index (Phi) is 3.74. The summed E-state index contributed by atoms with van der Waals surface area (Å²) in [5.74, 6) is 0. The van der Waals surface area contributed by atoms with E-state index in [4.69, 9.17) is 16.6 Å². The van der Waals surface area contributed by atoms with E-state index < -0.39 is 0 Å². The molecule has 0 atom stereocenters. The molecule has 0 aliphatic rings. The lowest BCUT2D eigenvalue weighted by Crippen LogP contribution is -2.02. The number of aromatic nitrogens is 1. The van der Waals surface area contributed by atoms with Crippen LogP contribution in [0.15, 0.2) is 77.9 Å². The lowest BCUT2D eigenvalue weighted by molar-refractivity contribution is 1.12. The third kappa shape index (κ3) is 2.93. The highest BCUT2D eigenvalue weighted by Gasteiger charge is 2.02. The fourth-order valence-corrected chi connectivity index (χ4v) is 3.65. The molecule has 2 heterocycles. The minimum Gasteiger partial charge on any atom is -0.292 e. The topological polar surface area (TPSA) is 16.8 Å². The van der Waals surface area contributed by atoms with E-state index in [1.807, 2.05) is 66.9 Å². The first-order chi connectivity index (χ1) is 11.3. The Labute approximate surface area is 142 Å². The molecule has 23 heavy (non-hydrogen) atoms. The molecule has 0 spiro atoms. The van der Waals surface area contributed by atoms with Crippen molar-refractivity contribution in [1.29, 1.82) is 0 Å². The highest BCUT2D eigenvalue weighted by Crippen LogP contribution is 2.12. The zero-order valence-corrected chi connectivity index (χ0v) is 13.8. The van der Waals surface area contributed by atoms with Crippen molar-refractivity contribution in [3.8, 4) is 0 Å². The van der Waals surface area contributed by atoms with Crippen LogP contribution in [0.1, 0.15) is 5.56 Å². The maximum Gasteiger partial charge on any atom is 0.195 e. The molecule has 4 heteroatoms. The number of hydrogen-bond donors (Lipinski definition) is 0. The van der Waals surface area contributed by atoms with Crippen LogP contribution in [-0.4, -0.2) is 4.40 Å². The Morgan fingerprint density at radius 1 is 0.913 bits per heavy atom. The Bertz CT molecular complexity index is 1060. The number of para-hydroxylation sites is 1. The summed E-state index contributed by atoms with van der Waals surface area (Å²) in [6.45, 7) is 0. The predicted octanol–water partition coefficient (Wildman–Crippen LogP) is 4.43. The highest BCUT2D eigenvalue weighted by atomic mass is 35.5. The van der Waals surface area contributed by atoms with Crippen molar-refractivity contribution in [3.05, 3.63) is 92.8 Å². The van der Waals surface area contributed by atoms with Crippen molar-refractivity contribution in [2.24, 2.45) is 4.99 Å². The number of hydrogen-bond acceptors (Lipinski definition) is 2. The van der Waals surface area contributed by atoms with Gasteiger partial charge in [0.15, 0.2) is 4.80 Å². The molecule has 2 nitrogen and oxygen atoms in total. The van der Waals surface area contributed by atoms with Gasteiger partial charge in [-0.2, -0.15) is 0 Å². The zero-order valence-electron chi connectivity index (χ0n) is 12.2. The third-order valence-corrected chi connectivity index (χ3v) is 4.83. The fourth-order valence-electron chi connectivity index (χ4n) is 2.45. The van der Waals surface area contributed by atoms with Crippen LogP contribution in [0.3, 0.4) is 0 Å². The van der Waals surface area contributed by atoms with E-state index in [1.54, 1.807) is 11.3 Å². The summed E-state index contributed by atoms with van der Waals surface area (Å²) in [4.78, 5) is 5.73.